The summed E-state index contributed by atoms with van der Waals surface area (Å²) in [4.78, 5) is 25.6. The number of aromatic nitrogens is 2. The van der Waals surface area contributed by atoms with Crippen molar-refractivity contribution in [1.82, 2.24) is 19.6 Å². The summed E-state index contributed by atoms with van der Waals surface area (Å²) in [6, 6.07) is 15.7. The van der Waals surface area contributed by atoms with Gasteiger partial charge in [0.05, 0.1) is 4.90 Å². The maximum absolute atomic E-state index is 13.2. The van der Waals surface area contributed by atoms with E-state index in [1.54, 1.807) is 29.4 Å². The fourth-order valence-electron chi connectivity index (χ4n) is 3.59. The van der Waals surface area contributed by atoms with Crippen LogP contribution in [-0.4, -0.2) is 55.4 Å². The van der Waals surface area contributed by atoms with Crippen LogP contribution in [0.1, 0.15) is 21.5 Å². The van der Waals surface area contributed by atoms with E-state index < -0.39 is 10.0 Å². The van der Waals surface area contributed by atoms with E-state index in [9.17, 15) is 13.2 Å². The standard InChI is InChI=1S/C23H25N5O3S/c1-18-8-9-20(32(30,31)26-17-19-6-3-2-4-7-19)16-21(18)22(29)27-12-14-28(15-13-27)23-24-10-5-11-25-23/h2-11,16,26H,12-15,17H2,1H3. The van der Waals surface area contributed by atoms with Gasteiger partial charge in [0.15, 0.2) is 0 Å². The van der Waals surface area contributed by atoms with Gasteiger partial charge in [0.25, 0.3) is 5.91 Å². The number of sulfonamides is 1. The van der Waals surface area contributed by atoms with Gasteiger partial charge in [0.2, 0.25) is 16.0 Å². The smallest absolute Gasteiger partial charge is 0.254 e. The quantitative estimate of drug-likeness (QED) is 0.618. The fraction of sp³-hybridized carbons (Fsp3) is 0.261. The van der Waals surface area contributed by atoms with E-state index >= 15 is 0 Å². The summed E-state index contributed by atoms with van der Waals surface area (Å²) in [6.07, 6.45) is 3.39. The summed E-state index contributed by atoms with van der Waals surface area (Å²) >= 11 is 0. The molecule has 9 heteroatoms. The maximum Gasteiger partial charge on any atom is 0.254 e. The fourth-order valence-corrected chi connectivity index (χ4v) is 4.63. The van der Waals surface area contributed by atoms with Gasteiger partial charge >= 0.3 is 0 Å². The summed E-state index contributed by atoms with van der Waals surface area (Å²) in [5.74, 6) is 0.476. The van der Waals surface area contributed by atoms with E-state index in [0.29, 0.717) is 37.7 Å². The zero-order valence-corrected chi connectivity index (χ0v) is 18.6. The molecule has 4 rings (SSSR count). The minimum Gasteiger partial charge on any atom is -0.337 e. The molecule has 0 bridgehead atoms. The van der Waals surface area contributed by atoms with Crippen LogP contribution >= 0.6 is 0 Å². The van der Waals surface area contributed by atoms with Crippen molar-refractivity contribution in [1.29, 1.82) is 0 Å². The average molecular weight is 452 g/mol. The van der Waals surface area contributed by atoms with Gasteiger partial charge in [0, 0.05) is 50.7 Å². The molecule has 1 fully saturated rings. The summed E-state index contributed by atoms with van der Waals surface area (Å²) < 4.78 is 28.2. The Morgan fingerprint density at radius 2 is 1.66 bits per heavy atom. The molecule has 0 radical (unpaired) electrons. The van der Waals surface area contributed by atoms with Crippen molar-refractivity contribution in [3.8, 4) is 0 Å². The molecule has 0 aliphatic carbocycles. The predicted octanol–water partition coefficient (Wildman–Crippen LogP) is 2.23. The Bertz CT molecular complexity index is 1180. The third-order valence-electron chi connectivity index (χ3n) is 5.46. The number of nitrogens with zero attached hydrogens (tertiary/aromatic N) is 4. The van der Waals surface area contributed by atoms with Crippen LogP contribution < -0.4 is 9.62 Å². The lowest BCUT2D eigenvalue weighted by molar-refractivity contribution is 0.0745. The van der Waals surface area contributed by atoms with Crippen molar-refractivity contribution < 1.29 is 13.2 Å². The van der Waals surface area contributed by atoms with E-state index in [-0.39, 0.29) is 17.3 Å². The lowest BCUT2D eigenvalue weighted by Crippen LogP contribution is -2.49. The number of amides is 1. The number of hydrogen-bond acceptors (Lipinski definition) is 6. The van der Waals surface area contributed by atoms with Crippen molar-refractivity contribution in [3.63, 3.8) is 0 Å². The first kappa shape index (κ1) is 21.9. The Morgan fingerprint density at radius 3 is 2.34 bits per heavy atom. The van der Waals surface area contributed by atoms with Crippen LogP contribution in [0.25, 0.3) is 0 Å². The first-order valence-electron chi connectivity index (χ1n) is 10.4. The number of anilines is 1. The molecule has 2 heterocycles. The van der Waals surface area contributed by atoms with Gasteiger partial charge in [-0.05, 0) is 36.2 Å². The maximum atomic E-state index is 13.2. The van der Waals surface area contributed by atoms with E-state index in [1.165, 1.54) is 12.1 Å². The molecule has 3 aromatic rings. The van der Waals surface area contributed by atoms with E-state index in [0.717, 1.165) is 11.1 Å². The van der Waals surface area contributed by atoms with E-state index in [1.807, 2.05) is 42.2 Å². The highest BCUT2D eigenvalue weighted by Gasteiger charge is 2.25. The predicted molar refractivity (Wildman–Crippen MR) is 122 cm³/mol. The van der Waals surface area contributed by atoms with Crippen LogP contribution in [0.3, 0.4) is 0 Å². The molecule has 166 valence electrons. The number of hydrogen-bond donors (Lipinski definition) is 1. The van der Waals surface area contributed by atoms with E-state index in [4.69, 9.17) is 0 Å². The highest BCUT2D eigenvalue weighted by Crippen LogP contribution is 2.19. The molecule has 0 spiro atoms. The molecule has 0 saturated carbocycles. The van der Waals surface area contributed by atoms with Crippen LogP contribution in [0, 0.1) is 6.92 Å². The second-order valence-corrected chi connectivity index (χ2v) is 9.38. The van der Waals surface area contributed by atoms with Gasteiger partial charge in [0.1, 0.15) is 0 Å². The Kier molecular flexibility index (Phi) is 6.48. The zero-order valence-electron chi connectivity index (χ0n) is 17.8. The van der Waals surface area contributed by atoms with Crippen molar-refractivity contribution in [2.75, 3.05) is 31.1 Å². The first-order valence-corrected chi connectivity index (χ1v) is 11.9. The molecule has 1 aliphatic rings. The van der Waals surface area contributed by atoms with Gasteiger partial charge in [-0.25, -0.2) is 23.1 Å². The van der Waals surface area contributed by atoms with Gasteiger partial charge in [-0.2, -0.15) is 0 Å². The largest absolute Gasteiger partial charge is 0.337 e. The van der Waals surface area contributed by atoms with Crippen LogP contribution in [0.15, 0.2) is 71.9 Å². The molecule has 32 heavy (non-hydrogen) atoms. The van der Waals surface area contributed by atoms with Crippen molar-refractivity contribution in [2.45, 2.75) is 18.4 Å². The topological polar surface area (TPSA) is 95.5 Å². The lowest BCUT2D eigenvalue weighted by atomic mass is 10.1. The monoisotopic (exact) mass is 451 g/mol. The normalized spacial score (nSPS) is 14.4. The molecule has 1 saturated heterocycles. The molecule has 8 nitrogen and oxygen atoms in total. The Balaban J connectivity index is 1.46. The molecule has 1 aliphatic heterocycles. The number of benzene rings is 2. The first-order chi connectivity index (χ1) is 15.4. The molecular formula is C23H25N5O3S. The number of piperazine rings is 1. The minimum absolute atomic E-state index is 0.0821. The molecular weight excluding hydrogens is 426 g/mol. The van der Waals surface area contributed by atoms with Crippen LogP contribution in [0.2, 0.25) is 0 Å². The second kappa shape index (κ2) is 9.46. The second-order valence-electron chi connectivity index (χ2n) is 7.61. The van der Waals surface area contributed by atoms with Crippen LogP contribution in [0.5, 0.6) is 0 Å². The summed E-state index contributed by atoms with van der Waals surface area (Å²) in [6.45, 7) is 4.26. The number of aryl methyl sites for hydroxylation is 1. The van der Waals surface area contributed by atoms with Gasteiger partial charge in [-0.15, -0.1) is 0 Å². The average Bonchev–Trinajstić information content (AvgIpc) is 2.84. The van der Waals surface area contributed by atoms with Crippen LogP contribution in [-0.2, 0) is 16.6 Å². The Hall–Kier alpha value is -3.30. The summed E-state index contributed by atoms with van der Waals surface area (Å²) in [7, 11) is -3.75. The highest BCUT2D eigenvalue weighted by molar-refractivity contribution is 7.89. The number of carbonyl (C=O) groups is 1. The molecule has 1 amide bonds. The Morgan fingerprint density at radius 1 is 0.969 bits per heavy atom. The van der Waals surface area contributed by atoms with E-state index in [2.05, 4.69) is 14.7 Å². The highest BCUT2D eigenvalue weighted by atomic mass is 32.2. The molecule has 1 aromatic heterocycles. The van der Waals surface area contributed by atoms with Gasteiger partial charge in [-0.1, -0.05) is 36.4 Å². The SMILES string of the molecule is Cc1ccc(S(=O)(=O)NCc2ccccc2)cc1C(=O)N1CCN(c2ncccn2)CC1. The lowest BCUT2D eigenvalue weighted by Gasteiger charge is -2.35. The Labute approximate surface area is 188 Å². The third-order valence-corrected chi connectivity index (χ3v) is 6.86. The zero-order chi connectivity index (χ0) is 22.6. The van der Waals surface area contributed by atoms with Crippen molar-refractivity contribution >= 4 is 21.9 Å². The minimum atomic E-state index is -3.75. The van der Waals surface area contributed by atoms with Crippen molar-refractivity contribution in [2.24, 2.45) is 0 Å². The molecule has 0 unspecified atom stereocenters. The number of carbonyl (C=O) groups excluding carboxylic acids is 1. The third kappa shape index (κ3) is 4.95. The number of rotatable bonds is 6. The van der Waals surface area contributed by atoms with Gasteiger partial charge < -0.3 is 9.80 Å². The molecule has 1 N–H and O–H groups in total. The molecule has 0 atom stereocenters. The number of nitrogens with one attached hydrogen (secondary N) is 1. The van der Waals surface area contributed by atoms with Crippen molar-refractivity contribution in [3.05, 3.63) is 83.7 Å². The molecule has 2 aromatic carbocycles. The summed E-state index contributed by atoms with van der Waals surface area (Å²) in [5, 5.41) is 0. The van der Waals surface area contributed by atoms with Crippen LogP contribution in [0.4, 0.5) is 5.95 Å². The van der Waals surface area contributed by atoms with Gasteiger partial charge in [-0.3, -0.25) is 4.79 Å². The summed E-state index contributed by atoms with van der Waals surface area (Å²) in [5.41, 5.74) is 2.00.